The minimum absolute atomic E-state index is 0.0875. The molecule has 22 heavy (non-hydrogen) atoms. The van der Waals surface area contributed by atoms with Crippen LogP contribution in [0.15, 0.2) is 24.3 Å². The van der Waals surface area contributed by atoms with E-state index in [1.807, 2.05) is 6.92 Å². The highest BCUT2D eigenvalue weighted by atomic mass is 16.2. The van der Waals surface area contributed by atoms with E-state index >= 15 is 0 Å². The molecule has 0 saturated carbocycles. The first-order chi connectivity index (χ1) is 10.6. The van der Waals surface area contributed by atoms with Crippen molar-refractivity contribution in [1.29, 1.82) is 5.26 Å². The molecule has 1 aromatic carbocycles. The molecule has 1 aromatic rings. The number of hydrogen-bond acceptors (Lipinski definition) is 3. The molecule has 2 N–H and O–H groups in total. The summed E-state index contributed by atoms with van der Waals surface area (Å²) >= 11 is 0. The zero-order valence-electron chi connectivity index (χ0n) is 13.3. The highest BCUT2D eigenvalue weighted by molar-refractivity contribution is 5.89. The fraction of sp³-hybridized carbons (Fsp3) is 0.529. The van der Waals surface area contributed by atoms with Gasteiger partial charge in [0.05, 0.1) is 11.6 Å². The zero-order chi connectivity index (χ0) is 15.9. The highest BCUT2D eigenvalue weighted by Crippen LogP contribution is 2.15. The number of amides is 2. The van der Waals surface area contributed by atoms with Crippen molar-refractivity contribution in [2.24, 2.45) is 5.92 Å². The van der Waals surface area contributed by atoms with Crippen LogP contribution in [0.5, 0.6) is 0 Å². The van der Waals surface area contributed by atoms with Crippen LogP contribution in [0, 0.1) is 17.2 Å². The van der Waals surface area contributed by atoms with Crippen molar-refractivity contribution < 1.29 is 4.79 Å². The van der Waals surface area contributed by atoms with Crippen molar-refractivity contribution in [2.45, 2.75) is 32.7 Å². The molecule has 5 heteroatoms. The molecule has 0 bridgehead atoms. The van der Waals surface area contributed by atoms with Crippen LogP contribution < -0.4 is 10.6 Å². The molecular weight excluding hydrogens is 276 g/mol. The molecule has 0 aliphatic carbocycles. The second-order valence-corrected chi connectivity index (χ2v) is 6.20. The number of anilines is 1. The van der Waals surface area contributed by atoms with Crippen LogP contribution in [-0.4, -0.2) is 36.6 Å². The molecule has 2 atom stereocenters. The Balaban J connectivity index is 1.79. The van der Waals surface area contributed by atoms with Crippen molar-refractivity contribution in [1.82, 2.24) is 10.2 Å². The summed E-state index contributed by atoms with van der Waals surface area (Å²) in [7, 11) is 0. The summed E-state index contributed by atoms with van der Waals surface area (Å²) in [4.78, 5) is 14.4. The fourth-order valence-electron chi connectivity index (χ4n) is 2.94. The molecule has 118 valence electrons. The van der Waals surface area contributed by atoms with Gasteiger partial charge < -0.3 is 15.5 Å². The monoisotopic (exact) mass is 300 g/mol. The molecule has 1 heterocycles. The third kappa shape index (κ3) is 5.05. The van der Waals surface area contributed by atoms with Crippen LogP contribution in [-0.2, 0) is 0 Å². The third-order valence-electron chi connectivity index (χ3n) is 3.90. The van der Waals surface area contributed by atoms with Gasteiger partial charge in [-0.3, -0.25) is 0 Å². The van der Waals surface area contributed by atoms with Gasteiger partial charge in [0.2, 0.25) is 0 Å². The van der Waals surface area contributed by atoms with Crippen LogP contribution >= 0.6 is 0 Å². The van der Waals surface area contributed by atoms with Crippen LogP contribution in [0.1, 0.15) is 32.3 Å². The van der Waals surface area contributed by atoms with E-state index in [1.165, 1.54) is 12.8 Å². The summed E-state index contributed by atoms with van der Waals surface area (Å²) in [5, 5.41) is 14.6. The van der Waals surface area contributed by atoms with Gasteiger partial charge in [0.15, 0.2) is 0 Å². The molecular formula is C17H24N4O. The molecule has 1 fully saturated rings. The van der Waals surface area contributed by atoms with Gasteiger partial charge in [0.1, 0.15) is 0 Å². The van der Waals surface area contributed by atoms with Gasteiger partial charge in [0.25, 0.3) is 0 Å². The van der Waals surface area contributed by atoms with Gasteiger partial charge in [-0.1, -0.05) is 13.0 Å². The lowest BCUT2D eigenvalue weighted by atomic mass is 10.00. The van der Waals surface area contributed by atoms with E-state index in [0.717, 1.165) is 25.6 Å². The number of piperidine rings is 1. The van der Waals surface area contributed by atoms with Gasteiger partial charge >= 0.3 is 6.03 Å². The van der Waals surface area contributed by atoms with Gasteiger partial charge in [-0.2, -0.15) is 5.26 Å². The van der Waals surface area contributed by atoms with E-state index in [-0.39, 0.29) is 12.1 Å². The van der Waals surface area contributed by atoms with Gasteiger partial charge in [-0.15, -0.1) is 0 Å². The van der Waals surface area contributed by atoms with Gasteiger partial charge in [0, 0.05) is 24.8 Å². The Morgan fingerprint density at radius 3 is 3.09 bits per heavy atom. The zero-order valence-corrected chi connectivity index (χ0v) is 13.3. The summed E-state index contributed by atoms with van der Waals surface area (Å²) in [6, 6.07) is 8.83. The molecule has 2 rings (SSSR count). The number of carbonyl (C=O) groups is 1. The molecule has 2 amide bonds. The summed E-state index contributed by atoms with van der Waals surface area (Å²) in [6.45, 7) is 7.39. The van der Waals surface area contributed by atoms with Crippen LogP contribution in [0.3, 0.4) is 0 Å². The van der Waals surface area contributed by atoms with Crippen molar-refractivity contribution in [3.05, 3.63) is 29.8 Å². The number of carbonyl (C=O) groups excluding carboxylic acids is 1. The first-order valence-electron chi connectivity index (χ1n) is 7.87. The topological polar surface area (TPSA) is 68.2 Å². The first kappa shape index (κ1) is 16.3. The lowest BCUT2D eigenvalue weighted by Crippen LogP contribution is -2.46. The SMILES string of the molecule is C[C@@H]1CCCN(C[C@H](C)NC(=O)Nc2cccc(C#N)c2)C1. The minimum Gasteiger partial charge on any atom is -0.334 e. The van der Waals surface area contributed by atoms with Crippen molar-refractivity contribution in [3.63, 3.8) is 0 Å². The van der Waals surface area contributed by atoms with Crippen molar-refractivity contribution >= 4 is 11.7 Å². The first-order valence-corrected chi connectivity index (χ1v) is 7.87. The Bertz CT molecular complexity index is 552. The molecule has 0 unspecified atom stereocenters. The summed E-state index contributed by atoms with van der Waals surface area (Å²) in [6.07, 6.45) is 2.54. The maximum absolute atomic E-state index is 12.0. The van der Waals surface area contributed by atoms with E-state index in [4.69, 9.17) is 5.26 Å². The second-order valence-electron chi connectivity index (χ2n) is 6.20. The molecule has 0 aromatic heterocycles. The van der Waals surface area contributed by atoms with E-state index in [0.29, 0.717) is 11.3 Å². The highest BCUT2D eigenvalue weighted by Gasteiger charge is 2.18. The van der Waals surface area contributed by atoms with Crippen LogP contribution in [0.4, 0.5) is 10.5 Å². The Kier molecular flexibility index (Phi) is 5.79. The van der Waals surface area contributed by atoms with E-state index in [9.17, 15) is 4.79 Å². The van der Waals surface area contributed by atoms with Crippen LogP contribution in [0.2, 0.25) is 0 Å². The Labute approximate surface area is 132 Å². The minimum atomic E-state index is -0.229. The predicted octanol–water partition coefficient (Wildman–Crippen LogP) is 2.80. The van der Waals surface area contributed by atoms with E-state index in [2.05, 4.69) is 28.5 Å². The second kappa shape index (κ2) is 7.81. The molecule has 1 saturated heterocycles. The third-order valence-corrected chi connectivity index (χ3v) is 3.90. The molecule has 0 spiro atoms. The average Bonchev–Trinajstić information content (AvgIpc) is 2.47. The van der Waals surface area contributed by atoms with E-state index in [1.54, 1.807) is 24.3 Å². The normalized spacial score (nSPS) is 20.0. The Hall–Kier alpha value is -2.06. The maximum Gasteiger partial charge on any atom is 0.319 e. The lowest BCUT2D eigenvalue weighted by Gasteiger charge is -2.32. The summed E-state index contributed by atoms with van der Waals surface area (Å²) in [5.41, 5.74) is 1.17. The smallest absolute Gasteiger partial charge is 0.319 e. The number of hydrogen-bond donors (Lipinski definition) is 2. The Morgan fingerprint density at radius 1 is 1.55 bits per heavy atom. The van der Waals surface area contributed by atoms with E-state index < -0.39 is 0 Å². The molecule has 1 aliphatic heterocycles. The largest absolute Gasteiger partial charge is 0.334 e. The summed E-state index contributed by atoms with van der Waals surface area (Å²) < 4.78 is 0. The number of nitrogens with zero attached hydrogens (tertiary/aromatic N) is 2. The molecule has 0 radical (unpaired) electrons. The number of nitriles is 1. The number of benzene rings is 1. The standard InChI is InChI=1S/C17H24N4O/c1-13-5-4-8-21(11-13)12-14(2)19-17(22)20-16-7-3-6-15(9-16)10-18/h3,6-7,9,13-14H,4-5,8,11-12H2,1-2H3,(H2,19,20,22)/t13-,14+/m1/s1. The Morgan fingerprint density at radius 2 is 2.36 bits per heavy atom. The van der Waals surface area contributed by atoms with Crippen LogP contribution in [0.25, 0.3) is 0 Å². The van der Waals surface area contributed by atoms with Gasteiger partial charge in [-0.05, 0) is 50.4 Å². The predicted molar refractivity (Wildman–Crippen MR) is 87.6 cm³/mol. The molecule has 1 aliphatic rings. The molecule has 5 nitrogen and oxygen atoms in total. The quantitative estimate of drug-likeness (QED) is 0.898. The fourth-order valence-corrected chi connectivity index (χ4v) is 2.94. The van der Waals surface area contributed by atoms with Gasteiger partial charge in [-0.25, -0.2) is 4.79 Å². The van der Waals surface area contributed by atoms with Crippen molar-refractivity contribution in [3.8, 4) is 6.07 Å². The lowest BCUT2D eigenvalue weighted by molar-refractivity contribution is 0.170. The average molecular weight is 300 g/mol. The summed E-state index contributed by atoms with van der Waals surface area (Å²) in [5.74, 6) is 0.739. The maximum atomic E-state index is 12.0. The van der Waals surface area contributed by atoms with Crippen molar-refractivity contribution in [2.75, 3.05) is 25.0 Å². The number of likely N-dealkylation sites (tertiary alicyclic amines) is 1. The number of rotatable bonds is 4. The number of nitrogens with one attached hydrogen (secondary N) is 2. The number of urea groups is 1.